The minimum Gasteiger partial charge on any atom is -0.197 e. The molecule has 0 amide bonds. The zero-order valence-corrected chi connectivity index (χ0v) is 8.05. The molecule has 0 bridgehead atoms. The van der Waals surface area contributed by atoms with Crippen LogP contribution < -0.4 is 0 Å². The lowest BCUT2D eigenvalue weighted by molar-refractivity contribution is 0.416. The molecule has 0 unspecified atom stereocenters. The highest BCUT2D eigenvalue weighted by Crippen LogP contribution is 2.31. The van der Waals surface area contributed by atoms with Crippen molar-refractivity contribution < 1.29 is 0 Å². The number of hydrogen-bond acceptors (Lipinski definition) is 2. The first-order chi connectivity index (χ1) is 6.33. The van der Waals surface area contributed by atoms with E-state index in [1.807, 2.05) is 0 Å². The Kier molecular flexibility index (Phi) is 3.77. The van der Waals surface area contributed by atoms with Gasteiger partial charge in [0.05, 0.1) is 12.1 Å². The molecule has 1 aliphatic carbocycles. The molecule has 1 rings (SSSR count). The number of hydrogen-bond donors (Lipinski definition) is 0. The number of rotatable bonds is 0. The van der Waals surface area contributed by atoms with Crippen LogP contribution in [0.5, 0.6) is 0 Å². The second-order valence-electron chi connectivity index (χ2n) is 3.93. The summed E-state index contributed by atoms with van der Waals surface area (Å²) < 4.78 is 0. The van der Waals surface area contributed by atoms with E-state index in [1.165, 1.54) is 25.7 Å². The van der Waals surface area contributed by atoms with Crippen molar-refractivity contribution in [2.45, 2.75) is 51.4 Å². The van der Waals surface area contributed by atoms with Gasteiger partial charge in [-0.3, -0.25) is 0 Å². The first kappa shape index (κ1) is 10.1. The van der Waals surface area contributed by atoms with Crippen LogP contribution in [-0.4, -0.2) is 0 Å². The SMILES string of the molecule is N#CC1(C#N)CCCCCCCC1. The van der Waals surface area contributed by atoms with E-state index in [0.29, 0.717) is 0 Å². The van der Waals surface area contributed by atoms with Gasteiger partial charge in [-0.05, 0) is 12.8 Å². The molecule has 0 aromatic rings. The Morgan fingerprint density at radius 3 is 1.46 bits per heavy atom. The van der Waals surface area contributed by atoms with Crippen molar-refractivity contribution >= 4 is 0 Å². The molecule has 0 spiro atoms. The van der Waals surface area contributed by atoms with Gasteiger partial charge in [0.15, 0.2) is 0 Å². The molecule has 13 heavy (non-hydrogen) atoms. The van der Waals surface area contributed by atoms with Crippen LogP contribution in [0.15, 0.2) is 0 Å². The van der Waals surface area contributed by atoms with Crippen molar-refractivity contribution in [3.8, 4) is 12.1 Å². The number of nitriles is 2. The van der Waals surface area contributed by atoms with Gasteiger partial charge in [0.1, 0.15) is 5.41 Å². The molecule has 0 aromatic heterocycles. The van der Waals surface area contributed by atoms with Crippen molar-refractivity contribution in [1.82, 2.24) is 0 Å². The highest BCUT2D eigenvalue weighted by atomic mass is 14.4. The highest BCUT2D eigenvalue weighted by Gasteiger charge is 2.29. The lowest BCUT2D eigenvalue weighted by Gasteiger charge is -2.16. The van der Waals surface area contributed by atoms with Gasteiger partial charge in [0.2, 0.25) is 0 Å². The fraction of sp³-hybridized carbons (Fsp3) is 0.818. The fourth-order valence-electron chi connectivity index (χ4n) is 1.93. The van der Waals surface area contributed by atoms with Crippen LogP contribution in [0.3, 0.4) is 0 Å². The summed E-state index contributed by atoms with van der Waals surface area (Å²) in [6.07, 6.45) is 8.55. The van der Waals surface area contributed by atoms with E-state index in [0.717, 1.165) is 25.7 Å². The molecule has 0 aliphatic heterocycles. The third-order valence-electron chi connectivity index (χ3n) is 2.89. The van der Waals surface area contributed by atoms with Crippen LogP contribution in [0.2, 0.25) is 0 Å². The standard InChI is InChI=1S/C11H16N2/c12-9-11(10-13)7-5-3-1-2-4-6-8-11/h1-8H2. The Morgan fingerprint density at radius 1 is 0.692 bits per heavy atom. The molecule has 2 nitrogen and oxygen atoms in total. The molecular formula is C11H16N2. The maximum Gasteiger partial charge on any atom is 0.143 e. The van der Waals surface area contributed by atoms with Gasteiger partial charge in [0.25, 0.3) is 0 Å². The summed E-state index contributed by atoms with van der Waals surface area (Å²) in [5.74, 6) is 0. The molecule has 0 atom stereocenters. The molecule has 0 radical (unpaired) electrons. The Morgan fingerprint density at radius 2 is 1.08 bits per heavy atom. The fourth-order valence-corrected chi connectivity index (χ4v) is 1.93. The van der Waals surface area contributed by atoms with Gasteiger partial charge >= 0.3 is 0 Å². The minimum atomic E-state index is -0.662. The quantitative estimate of drug-likeness (QED) is 0.569. The van der Waals surface area contributed by atoms with Crippen molar-refractivity contribution in [1.29, 1.82) is 10.5 Å². The van der Waals surface area contributed by atoms with E-state index in [9.17, 15) is 0 Å². The second-order valence-corrected chi connectivity index (χ2v) is 3.93. The average molecular weight is 176 g/mol. The average Bonchev–Trinajstić information content (AvgIpc) is 2.29. The summed E-state index contributed by atoms with van der Waals surface area (Å²) in [7, 11) is 0. The Bertz CT molecular complexity index is 205. The van der Waals surface area contributed by atoms with Crippen molar-refractivity contribution in [3.63, 3.8) is 0 Å². The van der Waals surface area contributed by atoms with E-state index in [2.05, 4.69) is 12.1 Å². The summed E-state index contributed by atoms with van der Waals surface area (Å²) in [4.78, 5) is 0. The minimum absolute atomic E-state index is 0.662. The van der Waals surface area contributed by atoms with Crippen LogP contribution >= 0.6 is 0 Å². The van der Waals surface area contributed by atoms with Crippen molar-refractivity contribution in [2.24, 2.45) is 5.41 Å². The van der Waals surface area contributed by atoms with Crippen LogP contribution in [0.4, 0.5) is 0 Å². The molecule has 1 fully saturated rings. The zero-order valence-electron chi connectivity index (χ0n) is 8.05. The van der Waals surface area contributed by atoms with Crippen molar-refractivity contribution in [2.75, 3.05) is 0 Å². The topological polar surface area (TPSA) is 47.6 Å². The molecule has 0 saturated heterocycles. The zero-order chi connectivity index (χ0) is 9.57. The predicted octanol–water partition coefficient (Wildman–Crippen LogP) is 3.15. The molecule has 0 heterocycles. The van der Waals surface area contributed by atoms with Crippen LogP contribution in [0, 0.1) is 28.1 Å². The summed E-state index contributed by atoms with van der Waals surface area (Å²) in [5.41, 5.74) is -0.662. The second kappa shape index (κ2) is 4.87. The maximum absolute atomic E-state index is 8.98. The van der Waals surface area contributed by atoms with E-state index in [4.69, 9.17) is 10.5 Å². The van der Waals surface area contributed by atoms with Crippen LogP contribution in [-0.2, 0) is 0 Å². The molecule has 0 N–H and O–H groups in total. The lowest BCUT2D eigenvalue weighted by Crippen LogP contribution is -2.15. The molecule has 1 aliphatic rings. The van der Waals surface area contributed by atoms with E-state index in [1.54, 1.807) is 0 Å². The van der Waals surface area contributed by atoms with Crippen LogP contribution in [0.25, 0.3) is 0 Å². The van der Waals surface area contributed by atoms with Gasteiger partial charge < -0.3 is 0 Å². The smallest absolute Gasteiger partial charge is 0.143 e. The first-order valence-electron chi connectivity index (χ1n) is 5.15. The van der Waals surface area contributed by atoms with Crippen molar-refractivity contribution in [3.05, 3.63) is 0 Å². The summed E-state index contributed by atoms with van der Waals surface area (Å²) in [6.45, 7) is 0. The molecule has 0 aromatic carbocycles. The van der Waals surface area contributed by atoms with Gasteiger partial charge in [-0.25, -0.2) is 0 Å². The summed E-state index contributed by atoms with van der Waals surface area (Å²) in [6, 6.07) is 4.40. The highest BCUT2D eigenvalue weighted by molar-refractivity contribution is 5.13. The first-order valence-corrected chi connectivity index (χ1v) is 5.15. The molecular weight excluding hydrogens is 160 g/mol. The third-order valence-corrected chi connectivity index (χ3v) is 2.89. The van der Waals surface area contributed by atoms with Gasteiger partial charge in [-0.1, -0.05) is 38.5 Å². The lowest BCUT2D eigenvalue weighted by atomic mass is 9.82. The van der Waals surface area contributed by atoms with Gasteiger partial charge in [-0.15, -0.1) is 0 Å². The molecule has 1 saturated carbocycles. The third kappa shape index (κ3) is 2.74. The summed E-state index contributed by atoms with van der Waals surface area (Å²) in [5, 5.41) is 18.0. The van der Waals surface area contributed by atoms with E-state index >= 15 is 0 Å². The van der Waals surface area contributed by atoms with Gasteiger partial charge in [-0.2, -0.15) is 10.5 Å². The molecule has 70 valence electrons. The van der Waals surface area contributed by atoms with E-state index in [-0.39, 0.29) is 0 Å². The number of nitrogens with zero attached hydrogens (tertiary/aromatic N) is 2. The van der Waals surface area contributed by atoms with Gasteiger partial charge in [0, 0.05) is 0 Å². The predicted molar refractivity (Wildman–Crippen MR) is 50.6 cm³/mol. The molecule has 2 heteroatoms. The monoisotopic (exact) mass is 176 g/mol. The van der Waals surface area contributed by atoms with Crippen LogP contribution in [0.1, 0.15) is 51.4 Å². The maximum atomic E-state index is 8.98. The Labute approximate surface area is 80.2 Å². The Hall–Kier alpha value is -1.02. The largest absolute Gasteiger partial charge is 0.197 e. The summed E-state index contributed by atoms with van der Waals surface area (Å²) >= 11 is 0. The Balaban J connectivity index is 2.60. The van der Waals surface area contributed by atoms with E-state index < -0.39 is 5.41 Å². The normalized spacial score (nSPS) is 22.9.